The van der Waals surface area contributed by atoms with Gasteiger partial charge in [0.1, 0.15) is 0 Å². The molecule has 0 saturated carbocycles. The van der Waals surface area contributed by atoms with Gasteiger partial charge in [-0.2, -0.15) is 12.2 Å². The summed E-state index contributed by atoms with van der Waals surface area (Å²) in [6.45, 7) is 18.6. The van der Waals surface area contributed by atoms with Crippen LogP contribution in [-0.2, 0) is 21.7 Å². The van der Waals surface area contributed by atoms with Crippen molar-refractivity contribution in [3.63, 3.8) is 0 Å². The fraction of sp³-hybridized carbons (Fsp3) is 0.556. The molecule has 0 bridgehead atoms. The Bertz CT molecular complexity index is 389. The Kier molecular flexibility index (Phi) is 13.2. The standard InChI is InChI=1S/2C8H13Si.C2H7Si.Ti.2H/c2*1-9(2,3)8-6-4-5-7-8;1-3-2;;;/h2*6-7H,4H2,1-3H3;3H,1-2H3;;;/q2*-1;;+2;2*-1. The molecule has 0 unspecified atom stereocenters. The number of allylic oxidation sites excluding steroid dienone is 8. The molecule has 0 aromatic rings. The zero-order valence-electron chi connectivity index (χ0n) is 17.8. The van der Waals surface area contributed by atoms with Crippen LogP contribution in [0.4, 0.5) is 0 Å². The molecule has 1 radical (unpaired) electrons. The Morgan fingerprint density at radius 3 is 1.18 bits per heavy atom. The van der Waals surface area contributed by atoms with Gasteiger partial charge in [0, 0.05) is 9.52 Å². The van der Waals surface area contributed by atoms with Crippen LogP contribution in [0.25, 0.3) is 0 Å². The molecule has 0 saturated heterocycles. The third-order valence-corrected chi connectivity index (χ3v) is 7.29. The van der Waals surface area contributed by atoms with Gasteiger partial charge >= 0.3 is 21.7 Å². The van der Waals surface area contributed by atoms with Gasteiger partial charge in [0.15, 0.2) is 0 Å². The van der Waals surface area contributed by atoms with E-state index in [2.05, 4.69) is 88.8 Å². The molecule has 0 spiro atoms. The van der Waals surface area contributed by atoms with Crippen molar-refractivity contribution in [2.75, 3.05) is 0 Å². The van der Waals surface area contributed by atoms with Gasteiger partial charge in [0.2, 0.25) is 0 Å². The van der Waals surface area contributed by atoms with Crippen LogP contribution in [0.1, 0.15) is 15.7 Å². The molecular formula is C18H35Si3Ti-2. The van der Waals surface area contributed by atoms with Crippen LogP contribution in [-0.4, -0.2) is 25.7 Å². The van der Waals surface area contributed by atoms with Gasteiger partial charge in [-0.05, 0) is 16.1 Å². The third-order valence-electron chi connectivity index (χ3n) is 3.13. The summed E-state index contributed by atoms with van der Waals surface area (Å²) < 4.78 is 0. The SMILES string of the molecule is C[SiH]C.C[Si](C)(C)C1=CC[C-]=C1.C[Si](C)(C)C1=CC[C-]=C1.[H-].[H-].[Ti+2]. The Morgan fingerprint density at radius 1 is 0.818 bits per heavy atom. The van der Waals surface area contributed by atoms with Crippen molar-refractivity contribution in [1.29, 1.82) is 0 Å². The van der Waals surface area contributed by atoms with Gasteiger partial charge in [0.25, 0.3) is 0 Å². The molecule has 0 aromatic heterocycles. The van der Waals surface area contributed by atoms with Crippen molar-refractivity contribution in [2.24, 2.45) is 0 Å². The molecule has 0 atom stereocenters. The summed E-state index contributed by atoms with van der Waals surface area (Å²) in [7, 11) is -1.21. The van der Waals surface area contributed by atoms with Crippen molar-refractivity contribution in [1.82, 2.24) is 0 Å². The van der Waals surface area contributed by atoms with Gasteiger partial charge in [-0.3, -0.25) is 12.2 Å². The quantitative estimate of drug-likeness (QED) is 0.414. The fourth-order valence-electron chi connectivity index (χ4n) is 1.84. The first-order valence-corrected chi connectivity index (χ1v) is 17.2. The van der Waals surface area contributed by atoms with Gasteiger partial charge in [-0.15, -0.1) is 12.8 Å². The van der Waals surface area contributed by atoms with E-state index in [0.29, 0.717) is 0 Å². The maximum Gasteiger partial charge on any atom is 2.00 e. The van der Waals surface area contributed by atoms with E-state index in [0.717, 1.165) is 22.4 Å². The Balaban J connectivity index is -0.000000130. The summed E-state index contributed by atoms with van der Waals surface area (Å²) >= 11 is 0. The summed E-state index contributed by atoms with van der Waals surface area (Å²) in [5.41, 5.74) is 0. The van der Waals surface area contributed by atoms with Crippen molar-refractivity contribution in [2.45, 2.75) is 65.2 Å². The zero-order valence-corrected chi connectivity index (χ0v) is 20.5. The summed E-state index contributed by atoms with van der Waals surface area (Å²) in [5.74, 6) is 0. The van der Waals surface area contributed by atoms with E-state index >= 15 is 0 Å². The molecule has 22 heavy (non-hydrogen) atoms. The van der Waals surface area contributed by atoms with E-state index < -0.39 is 16.1 Å². The molecule has 0 N–H and O–H groups in total. The monoisotopic (exact) mass is 383 g/mol. The minimum atomic E-state index is -0.981. The predicted octanol–water partition coefficient (Wildman–Crippen LogP) is 5.85. The normalized spacial score (nSPS) is 15.8. The van der Waals surface area contributed by atoms with Crippen LogP contribution in [0, 0.1) is 12.2 Å². The largest absolute Gasteiger partial charge is 2.00 e. The van der Waals surface area contributed by atoms with E-state index in [4.69, 9.17) is 0 Å². The molecule has 0 fully saturated rings. The molecule has 0 amide bonds. The second-order valence-electron chi connectivity index (χ2n) is 7.50. The van der Waals surface area contributed by atoms with E-state index in [-0.39, 0.29) is 24.6 Å². The van der Waals surface area contributed by atoms with Crippen LogP contribution in [0.3, 0.4) is 0 Å². The molecule has 0 aliphatic heterocycles. The van der Waals surface area contributed by atoms with Crippen molar-refractivity contribution < 1.29 is 24.6 Å². The van der Waals surface area contributed by atoms with E-state index in [9.17, 15) is 0 Å². The first-order chi connectivity index (χ1) is 9.62. The van der Waals surface area contributed by atoms with Gasteiger partial charge < -0.3 is 2.85 Å². The number of hydrogen-bond acceptors (Lipinski definition) is 0. The molecule has 0 heterocycles. The summed E-state index contributed by atoms with van der Waals surface area (Å²) in [6, 6.07) is 0. The van der Waals surface area contributed by atoms with Gasteiger partial charge in [-0.25, -0.2) is 22.5 Å². The number of rotatable bonds is 2. The van der Waals surface area contributed by atoms with Crippen molar-refractivity contribution in [3.8, 4) is 0 Å². The maximum atomic E-state index is 3.20. The average Bonchev–Trinajstić information content (AvgIpc) is 3.03. The predicted molar refractivity (Wildman–Crippen MR) is 109 cm³/mol. The molecule has 4 heteroatoms. The molecule has 0 aromatic carbocycles. The van der Waals surface area contributed by atoms with Crippen LogP contribution in [0.15, 0.2) is 34.7 Å². The Morgan fingerprint density at radius 2 is 1.09 bits per heavy atom. The molecule has 2 aliphatic rings. The van der Waals surface area contributed by atoms with E-state index in [1.807, 2.05) is 0 Å². The molecular weight excluding hydrogens is 348 g/mol. The molecule has 2 aliphatic carbocycles. The van der Waals surface area contributed by atoms with Crippen molar-refractivity contribution in [3.05, 3.63) is 46.8 Å². The third kappa shape index (κ3) is 11.0. The zero-order chi connectivity index (χ0) is 16.5. The minimum Gasteiger partial charge on any atom is -1.00 e. The Labute approximate surface area is 161 Å². The topological polar surface area (TPSA) is 0 Å². The maximum absolute atomic E-state index is 3.20. The van der Waals surface area contributed by atoms with Crippen LogP contribution in [0.5, 0.6) is 0 Å². The Hall–Kier alpha value is 0.325. The second kappa shape index (κ2) is 11.8. The van der Waals surface area contributed by atoms with Crippen molar-refractivity contribution >= 4 is 25.7 Å². The summed E-state index contributed by atoms with van der Waals surface area (Å²) in [5, 5.41) is 3.12. The average molecular weight is 384 g/mol. The second-order valence-corrected chi connectivity index (χ2v) is 18.8. The smallest absolute Gasteiger partial charge is 1.00 e. The molecule has 125 valence electrons. The minimum absolute atomic E-state index is 0. The van der Waals surface area contributed by atoms with E-state index in [1.165, 1.54) is 0 Å². The molecule has 2 rings (SSSR count). The first-order valence-electron chi connectivity index (χ1n) is 7.91. The first kappa shape index (κ1) is 24.6. The van der Waals surface area contributed by atoms with Crippen LogP contribution in [0.2, 0.25) is 52.4 Å². The van der Waals surface area contributed by atoms with Crippen LogP contribution >= 0.6 is 0 Å². The van der Waals surface area contributed by atoms with Gasteiger partial charge in [0.05, 0.1) is 0 Å². The van der Waals surface area contributed by atoms with Gasteiger partial charge in [-0.1, -0.05) is 52.4 Å². The fourth-order valence-corrected chi connectivity index (χ4v) is 4.34. The molecule has 0 nitrogen and oxygen atoms in total. The van der Waals surface area contributed by atoms with E-state index in [1.54, 1.807) is 10.4 Å². The summed E-state index contributed by atoms with van der Waals surface area (Å²) in [6.07, 6.45) is 17.4. The van der Waals surface area contributed by atoms with Crippen LogP contribution < -0.4 is 0 Å². The number of hydrogen-bond donors (Lipinski definition) is 0. The summed E-state index contributed by atoms with van der Waals surface area (Å²) in [4.78, 5) is 0.